The van der Waals surface area contributed by atoms with Crippen LogP contribution in [-0.4, -0.2) is 29.4 Å². The molecule has 0 saturated carbocycles. The lowest BCUT2D eigenvalue weighted by atomic mass is 9.92. The number of fused-ring (bicyclic) bond motifs is 1. The third-order valence-electron chi connectivity index (χ3n) is 5.42. The Morgan fingerprint density at radius 2 is 1.39 bits per heavy atom. The van der Waals surface area contributed by atoms with Crippen LogP contribution in [0.4, 0.5) is 15.8 Å². The average Bonchev–Trinajstić information content (AvgIpc) is 3.32. The molecule has 0 N–H and O–H groups in total. The van der Waals surface area contributed by atoms with Gasteiger partial charge in [-0.25, -0.2) is 9.29 Å². The largest absolute Gasteiger partial charge is 0.287 e. The summed E-state index contributed by atoms with van der Waals surface area (Å²) in [7, 11) is 0. The smallest absolute Gasteiger partial charge is 0.259 e. The van der Waals surface area contributed by atoms with Crippen LogP contribution in [0.5, 0.6) is 0 Å². The van der Waals surface area contributed by atoms with Crippen LogP contribution in [0.1, 0.15) is 10.4 Å². The van der Waals surface area contributed by atoms with Gasteiger partial charge >= 0.3 is 0 Å². The molecule has 2 atom stereocenters. The van der Waals surface area contributed by atoms with Crippen molar-refractivity contribution in [2.24, 2.45) is 11.0 Å². The lowest BCUT2D eigenvalue weighted by molar-refractivity contribution is -0.121. The number of Topliss-reactive ketones (excluding diaryl/α,β-unsaturated/α-hetero) is 1. The molecule has 0 radical (unpaired) electrons. The van der Waals surface area contributed by atoms with E-state index in [1.165, 1.54) is 29.3 Å². The van der Waals surface area contributed by atoms with Gasteiger partial charge < -0.3 is 0 Å². The molecular formula is C24H16FN3O3. The first-order valence-corrected chi connectivity index (χ1v) is 9.72. The van der Waals surface area contributed by atoms with Gasteiger partial charge in [0.05, 0.1) is 11.4 Å². The maximum Gasteiger partial charge on any atom is 0.259 e. The molecule has 3 aromatic carbocycles. The van der Waals surface area contributed by atoms with Crippen molar-refractivity contribution in [3.63, 3.8) is 0 Å². The van der Waals surface area contributed by atoms with Crippen molar-refractivity contribution in [1.29, 1.82) is 0 Å². The predicted molar refractivity (Wildman–Crippen MR) is 113 cm³/mol. The van der Waals surface area contributed by atoms with Crippen molar-refractivity contribution < 1.29 is 18.8 Å². The summed E-state index contributed by atoms with van der Waals surface area (Å²) in [6, 6.07) is 21.6. The molecule has 31 heavy (non-hydrogen) atoms. The van der Waals surface area contributed by atoms with Crippen molar-refractivity contribution in [2.75, 3.05) is 9.91 Å². The maximum absolute atomic E-state index is 13.4. The Labute approximate surface area is 177 Å². The number of carbonyl (C=O) groups excluding carboxylic acids is 3. The highest BCUT2D eigenvalue weighted by Crippen LogP contribution is 2.38. The Kier molecular flexibility index (Phi) is 4.43. The fourth-order valence-corrected chi connectivity index (χ4v) is 3.98. The van der Waals surface area contributed by atoms with E-state index >= 15 is 0 Å². The van der Waals surface area contributed by atoms with Crippen LogP contribution < -0.4 is 9.91 Å². The number of amides is 2. The third kappa shape index (κ3) is 3.02. The number of para-hydroxylation sites is 1. The highest BCUT2D eigenvalue weighted by atomic mass is 19.1. The van der Waals surface area contributed by atoms with Crippen LogP contribution in [0.2, 0.25) is 0 Å². The highest BCUT2D eigenvalue weighted by molar-refractivity contribution is 6.53. The van der Waals surface area contributed by atoms with Crippen molar-refractivity contribution in [2.45, 2.75) is 6.04 Å². The van der Waals surface area contributed by atoms with Gasteiger partial charge in [0, 0.05) is 5.56 Å². The number of rotatable bonds is 4. The molecule has 0 aliphatic carbocycles. The number of hydrogen-bond acceptors (Lipinski definition) is 5. The SMILES string of the molecule is O=C(C1=NN(c2ccccc2)[C@H]2C(=O)N(c3ccc(F)cc3)C(=O)[C@@H]12)c1ccccc1. The summed E-state index contributed by atoms with van der Waals surface area (Å²) in [5.74, 6) is -3.00. The van der Waals surface area contributed by atoms with Crippen molar-refractivity contribution in [1.82, 2.24) is 0 Å². The fourth-order valence-electron chi connectivity index (χ4n) is 3.98. The van der Waals surface area contributed by atoms with E-state index in [1.54, 1.807) is 54.6 Å². The highest BCUT2D eigenvalue weighted by Gasteiger charge is 2.58. The quantitative estimate of drug-likeness (QED) is 0.485. The summed E-state index contributed by atoms with van der Waals surface area (Å²) in [6.07, 6.45) is 0. The maximum atomic E-state index is 13.4. The molecule has 7 heteroatoms. The molecule has 0 spiro atoms. The minimum atomic E-state index is -1.05. The Morgan fingerprint density at radius 3 is 2.03 bits per heavy atom. The molecule has 5 rings (SSSR count). The van der Waals surface area contributed by atoms with Gasteiger partial charge in [0.2, 0.25) is 11.7 Å². The van der Waals surface area contributed by atoms with Crippen molar-refractivity contribution in [3.05, 3.63) is 96.3 Å². The van der Waals surface area contributed by atoms with Gasteiger partial charge in [0.25, 0.3) is 5.91 Å². The zero-order chi connectivity index (χ0) is 21.5. The summed E-state index contributed by atoms with van der Waals surface area (Å²) in [6.45, 7) is 0. The molecule has 2 aliphatic heterocycles. The number of hydrazone groups is 1. The van der Waals surface area contributed by atoms with E-state index < -0.39 is 35.4 Å². The Balaban J connectivity index is 1.61. The Morgan fingerprint density at radius 1 is 0.774 bits per heavy atom. The molecule has 2 amide bonds. The second kappa shape index (κ2) is 7.28. The number of benzene rings is 3. The van der Waals surface area contributed by atoms with Gasteiger partial charge in [0.15, 0.2) is 0 Å². The minimum absolute atomic E-state index is 0.0167. The molecule has 1 fully saturated rings. The van der Waals surface area contributed by atoms with Crippen LogP contribution in [0.25, 0.3) is 0 Å². The molecule has 1 saturated heterocycles. The van der Waals surface area contributed by atoms with E-state index in [2.05, 4.69) is 5.10 Å². The van der Waals surface area contributed by atoms with Crippen LogP contribution in [0.3, 0.4) is 0 Å². The van der Waals surface area contributed by atoms with E-state index in [9.17, 15) is 18.8 Å². The van der Waals surface area contributed by atoms with E-state index in [0.29, 0.717) is 11.3 Å². The fraction of sp³-hybridized carbons (Fsp3) is 0.0833. The molecule has 2 aliphatic rings. The molecule has 3 aromatic rings. The van der Waals surface area contributed by atoms with Gasteiger partial charge in [-0.05, 0) is 36.4 Å². The van der Waals surface area contributed by atoms with Gasteiger partial charge in [-0.3, -0.25) is 19.4 Å². The van der Waals surface area contributed by atoms with Gasteiger partial charge in [-0.1, -0.05) is 48.5 Å². The Bertz CT molecular complexity index is 1210. The predicted octanol–water partition coefficient (Wildman–Crippen LogP) is 3.44. The summed E-state index contributed by atoms with van der Waals surface area (Å²) < 4.78 is 13.4. The van der Waals surface area contributed by atoms with Gasteiger partial charge in [0.1, 0.15) is 23.5 Å². The second-order valence-corrected chi connectivity index (χ2v) is 7.27. The number of hydrogen-bond donors (Lipinski definition) is 0. The van der Waals surface area contributed by atoms with Crippen LogP contribution in [-0.2, 0) is 9.59 Å². The molecule has 6 nitrogen and oxygen atoms in total. The lowest BCUT2D eigenvalue weighted by Gasteiger charge is -2.22. The first kappa shape index (κ1) is 18.9. The van der Waals surface area contributed by atoms with E-state index in [4.69, 9.17) is 0 Å². The van der Waals surface area contributed by atoms with E-state index in [1.807, 2.05) is 6.07 Å². The minimum Gasteiger partial charge on any atom is -0.287 e. The van der Waals surface area contributed by atoms with Gasteiger partial charge in [-0.2, -0.15) is 5.10 Å². The van der Waals surface area contributed by atoms with Crippen LogP contribution >= 0.6 is 0 Å². The monoisotopic (exact) mass is 413 g/mol. The zero-order valence-corrected chi connectivity index (χ0v) is 16.2. The number of anilines is 2. The van der Waals surface area contributed by atoms with Crippen molar-refractivity contribution >= 4 is 34.7 Å². The normalized spacial score (nSPS) is 20.1. The molecule has 0 aromatic heterocycles. The van der Waals surface area contributed by atoms with Crippen LogP contribution in [0.15, 0.2) is 90.0 Å². The standard InChI is InChI=1S/C24H16FN3O3/c25-16-11-13-17(14-12-16)27-23(30)19-20(22(29)15-7-3-1-4-8-15)26-28(21(19)24(27)31)18-9-5-2-6-10-18/h1-14,19,21H/t19-,21+/m0/s1. The number of ketones is 1. The number of imide groups is 1. The molecule has 0 unspecified atom stereocenters. The summed E-state index contributed by atoms with van der Waals surface area (Å²) in [5.41, 5.74) is 1.25. The number of carbonyl (C=O) groups is 3. The second-order valence-electron chi connectivity index (χ2n) is 7.27. The van der Waals surface area contributed by atoms with Crippen LogP contribution in [0, 0.1) is 11.7 Å². The summed E-state index contributed by atoms with van der Waals surface area (Å²) in [5, 5.41) is 5.87. The Hall–Kier alpha value is -4.13. The first-order chi connectivity index (χ1) is 15.1. The van der Waals surface area contributed by atoms with Crippen molar-refractivity contribution in [3.8, 4) is 0 Å². The first-order valence-electron chi connectivity index (χ1n) is 9.72. The van der Waals surface area contributed by atoms with Gasteiger partial charge in [-0.15, -0.1) is 0 Å². The van der Waals surface area contributed by atoms with E-state index in [0.717, 1.165) is 4.90 Å². The lowest BCUT2D eigenvalue weighted by Crippen LogP contribution is -2.39. The van der Waals surface area contributed by atoms with E-state index in [-0.39, 0.29) is 11.4 Å². The zero-order valence-electron chi connectivity index (χ0n) is 16.2. The third-order valence-corrected chi connectivity index (χ3v) is 5.42. The molecular weight excluding hydrogens is 397 g/mol. The molecule has 2 heterocycles. The number of halogens is 1. The number of nitrogens with zero attached hydrogens (tertiary/aromatic N) is 3. The summed E-state index contributed by atoms with van der Waals surface area (Å²) in [4.78, 5) is 40.9. The summed E-state index contributed by atoms with van der Waals surface area (Å²) >= 11 is 0. The average molecular weight is 413 g/mol. The topological polar surface area (TPSA) is 70.1 Å². The molecule has 152 valence electrons. The molecule has 0 bridgehead atoms.